The van der Waals surface area contributed by atoms with Gasteiger partial charge in [0.2, 0.25) is 5.91 Å². The summed E-state index contributed by atoms with van der Waals surface area (Å²) in [5.74, 6) is -0.138. The van der Waals surface area contributed by atoms with Gasteiger partial charge in [-0.3, -0.25) is 14.4 Å². The van der Waals surface area contributed by atoms with Crippen molar-refractivity contribution >= 4 is 17.8 Å². The lowest BCUT2D eigenvalue weighted by atomic mass is 9.91. The standard InChI is InChI=1S/C45H88N2O7/c1-8-12-16-20-28-40(29-21-17-13-9-2)42(48)53-36-26-24-34-51-38-45(5,44(50)46-32-33-47(6)7)39-52-35-25-27-37-54-43(49)41(30-22-18-14-10-3)31-23-19-15-11-4/h40-41H,8-39H2,1-7H3,(H,46,50). The third kappa shape index (κ3) is 29.6. The Morgan fingerprint density at radius 1 is 0.519 bits per heavy atom. The molecule has 0 heterocycles. The van der Waals surface area contributed by atoms with E-state index in [-0.39, 0.29) is 42.9 Å². The van der Waals surface area contributed by atoms with E-state index in [0.717, 1.165) is 83.6 Å². The average Bonchev–Trinajstić information content (AvgIpc) is 3.15. The van der Waals surface area contributed by atoms with Crippen molar-refractivity contribution < 1.29 is 33.3 Å². The molecule has 0 fully saturated rings. The maximum Gasteiger partial charge on any atom is 0.308 e. The van der Waals surface area contributed by atoms with Crippen molar-refractivity contribution in [1.29, 1.82) is 0 Å². The van der Waals surface area contributed by atoms with Gasteiger partial charge >= 0.3 is 11.9 Å². The summed E-state index contributed by atoms with van der Waals surface area (Å²) in [6.07, 6.45) is 25.4. The first-order valence-electron chi connectivity index (χ1n) is 22.6. The van der Waals surface area contributed by atoms with Gasteiger partial charge in [0, 0.05) is 26.3 Å². The van der Waals surface area contributed by atoms with Crippen LogP contribution in [0.15, 0.2) is 0 Å². The molecule has 0 saturated heterocycles. The summed E-state index contributed by atoms with van der Waals surface area (Å²) in [6.45, 7) is 14.3. The van der Waals surface area contributed by atoms with Crippen molar-refractivity contribution in [2.24, 2.45) is 17.3 Å². The third-order valence-electron chi connectivity index (χ3n) is 10.4. The summed E-state index contributed by atoms with van der Waals surface area (Å²) in [6, 6.07) is 0. The van der Waals surface area contributed by atoms with E-state index < -0.39 is 5.41 Å². The van der Waals surface area contributed by atoms with Crippen molar-refractivity contribution in [3.8, 4) is 0 Å². The fourth-order valence-corrected chi connectivity index (χ4v) is 6.60. The summed E-state index contributed by atoms with van der Waals surface area (Å²) in [4.78, 5) is 41.1. The second kappa shape index (κ2) is 36.9. The first kappa shape index (κ1) is 52.3. The van der Waals surface area contributed by atoms with E-state index in [9.17, 15) is 14.4 Å². The Bertz CT molecular complexity index is 806. The molecule has 0 spiro atoms. The number of carbonyl (C=O) groups excluding carboxylic acids is 3. The molecule has 54 heavy (non-hydrogen) atoms. The van der Waals surface area contributed by atoms with Gasteiger partial charge in [-0.25, -0.2) is 0 Å². The van der Waals surface area contributed by atoms with Gasteiger partial charge in [-0.2, -0.15) is 0 Å². The molecule has 0 unspecified atom stereocenters. The fourth-order valence-electron chi connectivity index (χ4n) is 6.60. The number of esters is 2. The molecule has 9 nitrogen and oxygen atoms in total. The van der Waals surface area contributed by atoms with Crippen LogP contribution >= 0.6 is 0 Å². The monoisotopic (exact) mass is 769 g/mol. The molecule has 0 aliphatic heterocycles. The van der Waals surface area contributed by atoms with Crippen molar-refractivity contribution in [2.45, 2.75) is 189 Å². The Balaban J connectivity index is 4.72. The molecule has 320 valence electrons. The normalized spacial score (nSPS) is 11.9. The summed E-state index contributed by atoms with van der Waals surface area (Å²) in [5.41, 5.74) is -0.837. The quantitative estimate of drug-likeness (QED) is 0.0485. The SMILES string of the molecule is CCCCCCC(CCCCCC)C(=O)OCCCCOCC(C)(COCCCCOC(=O)C(CCCCCC)CCCCCC)C(=O)NCCN(C)C. The predicted molar refractivity (Wildman–Crippen MR) is 224 cm³/mol. The number of hydrogen-bond acceptors (Lipinski definition) is 8. The smallest absolute Gasteiger partial charge is 0.308 e. The minimum Gasteiger partial charge on any atom is -0.465 e. The number of likely N-dealkylation sites (N-methyl/N-ethyl adjacent to an activating group) is 1. The summed E-state index contributed by atoms with van der Waals surface area (Å²) >= 11 is 0. The number of hydrogen-bond donors (Lipinski definition) is 1. The second-order valence-corrected chi connectivity index (χ2v) is 16.3. The maximum atomic E-state index is 13.3. The third-order valence-corrected chi connectivity index (χ3v) is 10.4. The van der Waals surface area contributed by atoms with Crippen molar-refractivity contribution in [3.05, 3.63) is 0 Å². The van der Waals surface area contributed by atoms with E-state index in [1.807, 2.05) is 25.9 Å². The Hall–Kier alpha value is -1.71. The van der Waals surface area contributed by atoms with Crippen molar-refractivity contribution in [2.75, 3.05) is 66.8 Å². The van der Waals surface area contributed by atoms with Gasteiger partial charge < -0.3 is 29.2 Å². The van der Waals surface area contributed by atoms with E-state index >= 15 is 0 Å². The van der Waals surface area contributed by atoms with Gasteiger partial charge in [0.1, 0.15) is 0 Å². The van der Waals surface area contributed by atoms with Gasteiger partial charge in [-0.05, 0) is 72.4 Å². The van der Waals surface area contributed by atoms with Crippen LogP contribution < -0.4 is 5.32 Å². The highest BCUT2D eigenvalue weighted by atomic mass is 16.5. The summed E-state index contributed by atoms with van der Waals surface area (Å²) < 4.78 is 23.5. The Morgan fingerprint density at radius 2 is 0.870 bits per heavy atom. The summed E-state index contributed by atoms with van der Waals surface area (Å²) in [5, 5.41) is 3.05. The van der Waals surface area contributed by atoms with Gasteiger partial charge in [0.15, 0.2) is 0 Å². The van der Waals surface area contributed by atoms with Crippen LogP contribution in [0.3, 0.4) is 0 Å². The second-order valence-electron chi connectivity index (χ2n) is 16.3. The van der Waals surface area contributed by atoms with E-state index in [1.54, 1.807) is 0 Å². The van der Waals surface area contributed by atoms with Crippen LogP contribution in [0.4, 0.5) is 0 Å². The first-order valence-corrected chi connectivity index (χ1v) is 22.6. The van der Waals surface area contributed by atoms with Crippen molar-refractivity contribution in [1.82, 2.24) is 10.2 Å². The number of rotatable bonds is 40. The zero-order chi connectivity index (χ0) is 40.1. The zero-order valence-electron chi connectivity index (χ0n) is 36.6. The molecular formula is C45H88N2O7. The Kier molecular flexibility index (Phi) is 35.7. The number of nitrogens with one attached hydrogen (secondary N) is 1. The van der Waals surface area contributed by atoms with E-state index in [1.165, 1.54) is 77.0 Å². The largest absolute Gasteiger partial charge is 0.465 e. The molecule has 0 rings (SSSR count). The lowest BCUT2D eigenvalue weighted by molar-refractivity contribution is -0.150. The van der Waals surface area contributed by atoms with E-state index in [2.05, 4.69) is 33.0 Å². The van der Waals surface area contributed by atoms with Crippen LogP contribution in [0.2, 0.25) is 0 Å². The molecule has 1 N–H and O–H groups in total. The molecule has 0 radical (unpaired) electrons. The van der Waals surface area contributed by atoms with Gasteiger partial charge in [-0.1, -0.05) is 130 Å². The summed E-state index contributed by atoms with van der Waals surface area (Å²) in [7, 11) is 3.96. The highest BCUT2D eigenvalue weighted by molar-refractivity contribution is 5.82. The lowest BCUT2D eigenvalue weighted by Crippen LogP contribution is -2.47. The Labute approximate surface area is 333 Å². The highest BCUT2D eigenvalue weighted by Gasteiger charge is 2.34. The average molecular weight is 769 g/mol. The van der Waals surface area contributed by atoms with Crippen molar-refractivity contribution in [3.63, 3.8) is 0 Å². The van der Waals surface area contributed by atoms with Crippen LogP contribution in [-0.2, 0) is 33.3 Å². The van der Waals surface area contributed by atoms with Crippen LogP contribution in [0.5, 0.6) is 0 Å². The topological polar surface area (TPSA) is 103 Å². The number of nitrogens with zero attached hydrogens (tertiary/aromatic N) is 1. The first-order chi connectivity index (χ1) is 26.1. The van der Waals surface area contributed by atoms with Crippen LogP contribution in [0, 0.1) is 17.3 Å². The highest BCUT2D eigenvalue weighted by Crippen LogP contribution is 2.22. The molecule has 0 atom stereocenters. The molecule has 0 aromatic rings. The molecule has 0 aliphatic carbocycles. The molecule has 0 aromatic heterocycles. The zero-order valence-corrected chi connectivity index (χ0v) is 36.6. The van der Waals surface area contributed by atoms with Crippen LogP contribution in [-0.4, -0.2) is 89.6 Å². The number of unbranched alkanes of at least 4 members (excludes halogenated alkanes) is 14. The maximum absolute atomic E-state index is 13.3. The predicted octanol–water partition coefficient (Wildman–Crippen LogP) is 10.5. The fraction of sp³-hybridized carbons (Fsp3) is 0.933. The molecule has 1 amide bonds. The molecule has 0 bridgehead atoms. The Morgan fingerprint density at radius 3 is 1.20 bits per heavy atom. The minimum absolute atomic E-state index is 0.0132. The van der Waals surface area contributed by atoms with Crippen LogP contribution in [0.1, 0.15) is 189 Å². The van der Waals surface area contributed by atoms with Gasteiger partial charge in [-0.15, -0.1) is 0 Å². The molecule has 9 heteroatoms. The van der Waals surface area contributed by atoms with E-state index in [4.69, 9.17) is 18.9 Å². The molecule has 0 aromatic carbocycles. The van der Waals surface area contributed by atoms with Crippen LogP contribution in [0.25, 0.3) is 0 Å². The van der Waals surface area contributed by atoms with E-state index in [0.29, 0.717) is 33.0 Å². The number of carbonyl (C=O) groups is 3. The lowest BCUT2D eigenvalue weighted by Gasteiger charge is -2.28. The van der Waals surface area contributed by atoms with Gasteiger partial charge in [0.25, 0.3) is 0 Å². The molecule has 0 aliphatic rings. The number of ether oxygens (including phenoxy) is 4. The molecular weight excluding hydrogens is 681 g/mol. The van der Waals surface area contributed by atoms with Gasteiger partial charge in [0.05, 0.1) is 43.7 Å². The number of amides is 1. The minimum atomic E-state index is -0.837. The molecule has 0 saturated carbocycles.